The summed E-state index contributed by atoms with van der Waals surface area (Å²) in [6.45, 7) is 5.36. The molecule has 0 radical (unpaired) electrons. The molecule has 1 aromatic rings. The van der Waals surface area contributed by atoms with E-state index in [4.69, 9.17) is 11.6 Å². The van der Waals surface area contributed by atoms with Crippen molar-refractivity contribution in [1.29, 1.82) is 0 Å². The van der Waals surface area contributed by atoms with Crippen molar-refractivity contribution in [2.75, 3.05) is 13.1 Å². The molecular weight excluding hydrogens is 282 g/mol. The molecule has 108 valence electrons. The molecule has 1 amide bonds. The Bertz CT molecular complexity index is 560. The summed E-state index contributed by atoms with van der Waals surface area (Å²) in [7, 11) is 0. The zero-order valence-electron chi connectivity index (χ0n) is 11.4. The lowest BCUT2D eigenvalue weighted by Gasteiger charge is -2.38. The van der Waals surface area contributed by atoms with Crippen LogP contribution in [-0.2, 0) is 0 Å². The molecule has 0 aliphatic carbocycles. The summed E-state index contributed by atoms with van der Waals surface area (Å²) in [5.74, 6) is -0.353. The highest BCUT2D eigenvalue weighted by Crippen LogP contribution is 2.30. The number of carbonyl (C=O) groups excluding carboxylic acids is 1. The highest BCUT2D eigenvalue weighted by atomic mass is 35.5. The van der Waals surface area contributed by atoms with E-state index in [1.54, 1.807) is 4.90 Å². The van der Waals surface area contributed by atoms with Crippen molar-refractivity contribution in [3.63, 3.8) is 0 Å². The minimum atomic E-state index is -0.606. The van der Waals surface area contributed by atoms with Gasteiger partial charge in [0, 0.05) is 13.1 Å². The molecule has 6 nitrogen and oxygen atoms in total. The SMILES string of the molecule is CC1(C)CCCN(C(=O)c2cc(Cl)ncc2[N+](=O)[O-])C1. The number of hydrogen-bond acceptors (Lipinski definition) is 4. The Morgan fingerprint density at radius 2 is 2.25 bits per heavy atom. The van der Waals surface area contributed by atoms with Gasteiger partial charge in [0.15, 0.2) is 0 Å². The number of nitro groups is 1. The van der Waals surface area contributed by atoms with Crippen LogP contribution in [0, 0.1) is 15.5 Å². The first-order chi connectivity index (χ1) is 9.30. The van der Waals surface area contributed by atoms with E-state index in [1.165, 1.54) is 6.07 Å². The van der Waals surface area contributed by atoms with Gasteiger partial charge in [0.05, 0.1) is 4.92 Å². The summed E-state index contributed by atoms with van der Waals surface area (Å²) in [4.78, 5) is 28.2. The van der Waals surface area contributed by atoms with E-state index in [9.17, 15) is 14.9 Å². The normalized spacial score (nSPS) is 17.9. The van der Waals surface area contributed by atoms with E-state index in [2.05, 4.69) is 18.8 Å². The summed E-state index contributed by atoms with van der Waals surface area (Å²) in [6.07, 6.45) is 2.96. The van der Waals surface area contributed by atoms with Gasteiger partial charge in [-0.15, -0.1) is 0 Å². The molecule has 1 fully saturated rings. The Kier molecular flexibility index (Phi) is 3.94. The van der Waals surface area contributed by atoms with Gasteiger partial charge in [-0.3, -0.25) is 14.9 Å². The smallest absolute Gasteiger partial charge is 0.300 e. The van der Waals surface area contributed by atoms with Crippen LogP contribution < -0.4 is 0 Å². The van der Waals surface area contributed by atoms with Crippen LogP contribution in [0.5, 0.6) is 0 Å². The minimum absolute atomic E-state index is 0.00713. The first-order valence-electron chi connectivity index (χ1n) is 6.39. The number of nitrogens with zero attached hydrogens (tertiary/aromatic N) is 3. The van der Waals surface area contributed by atoms with Gasteiger partial charge in [0.25, 0.3) is 11.6 Å². The molecule has 20 heavy (non-hydrogen) atoms. The summed E-state index contributed by atoms with van der Waals surface area (Å²) >= 11 is 5.76. The van der Waals surface area contributed by atoms with Crippen LogP contribution >= 0.6 is 11.6 Å². The van der Waals surface area contributed by atoms with Crippen molar-refractivity contribution in [3.05, 3.63) is 33.1 Å². The fourth-order valence-electron chi connectivity index (χ4n) is 2.51. The molecule has 0 bridgehead atoms. The van der Waals surface area contributed by atoms with Crippen LogP contribution in [0.15, 0.2) is 12.3 Å². The predicted molar refractivity (Wildman–Crippen MR) is 74.8 cm³/mol. The van der Waals surface area contributed by atoms with Gasteiger partial charge >= 0.3 is 0 Å². The van der Waals surface area contributed by atoms with Crippen LogP contribution in [0.3, 0.4) is 0 Å². The van der Waals surface area contributed by atoms with Gasteiger partial charge in [-0.2, -0.15) is 0 Å². The molecule has 7 heteroatoms. The molecule has 0 unspecified atom stereocenters. The van der Waals surface area contributed by atoms with E-state index in [1.807, 2.05) is 0 Å². The van der Waals surface area contributed by atoms with E-state index in [-0.39, 0.29) is 27.7 Å². The molecule has 1 aromatic heterocycles. The second kappa shape index (κ2) is 5.36. The maximum atomic E-state index is 12.5. The second-order valence-electron chi connectivity index (χ2n) is 5.78. The van der Waals surface area contributed by atoms with E-state index in [0.717, 1.165) is 19.0 Å². The molecule has 2 heterocycles. The number of rotatable bonds is 2. The van der Waals surface area contributed by atoms with E-state index in [0.29, 0.717) is 13.1 Å². The van der Waals surface area contributed by atoms with Crippen molar-refractivity contribution in [2.24, 2.45) is 5.41 Å². The molecule has 1 aliphatic rings. The molecule has 0 aromatic carbocycles. The highest BCUT2D eigenvalue weighted by molar-refractivity contribution is 6.29. The number of aromatic nitrogens is 1. The standard InChI is InChI=1S/C13H16ClN3O3/c1-13(2)4-3-5-16(8-13)12(18)9-6-11(14)15-7-10(9)17(19)20/h6-7H,3-5,8H2,1-2H3. The van der Waals surface area contributed by atoms with Gasteiger partial charge in [0.2, 0.25) is 0 Å². The molecule has 1 saturated heterocycles. The fraction of sp³-hybridized carbons (Fsp3) is 0.538. The van der Waals surface area contributed by atoms with Crippen molar-refractivity contribution in [2.45, 2.75) is 26.7 Å². The fourth-order valence-corrected chi connectivity index (χ4v) is 2.66. The summed E-state index contributed by atoms with van der Waals surface area (Å²) in [5, 5.41) is 11.1. The number of hydrogen-bond donors (Lipinski definition) is 0. The zero-order valence-corrected chi connectivity index (χ0v) is 12.2. The Balaban J connectivity index is 2.33. The van der Waals surface area contributed by atoms with Gasteiger partial charge in [-0.25, -0.2) is 4.98 Å². The number of likely N-dealkylation sites (tertiary alicyclic amines) is 1. The number of pyridine rings is 1. The first kappa shape index (κ1) is 14.7. The Hall–Kier alpha value is -1.69. The Morgan fingerprint density at radius 3 is 2.85 bits per heavy atom. The summed E-state index contributed by atoms with van der Waals surface area (Å²) in [5.41, 5.74) is -0.269. The molecule has 0 atom stereocenters. The Labute approximate surface area is 121 Å². The second-order valence-corrected chi connectivity index (χ2v) is 6.16. The van der Waals surface area contributed by atoms with Crippen LogP contribution in [-0.4, -0.2) is 33.8 Å². The van der Waals surface area contributed by atoms with Crippen molar-refractivity contribution in [3.8, 4) is 0 Å². The van der Waals surface area contributed by atoms with Crippen LogP contribution in [0.25, 0.3) is 0 Å². The van der Waals surface area contributed by atoms with Crippen LogP contribution in [0.4, 0.5) is 5.69 Å². The highest BCUT2D eigenvalue weighted by Gasteiger charge is 2.32. The predicted octanol–water partition coefficient (Wildman–Crippen LogP) is 2.91. The first-order valence-corrected chi connectivity index (χ1v) is 6.77. The van der Waals surface area contributed by atoms with Crippen LogP contribution in [0.1, 0.15) is 37.0 Å². The molecule has 1 aliphatic heterocycles. The van der Waals surface area contributed by atoms with Crippen molar-refractivity contribution < 1.29 is 9.72 Å². The quantitative estimate of drug-likeness (QED) is 0.478. The Morgan fingerprint density at radius 1 is 1.55 bits per heavy atom. The van der Waals surface area contributed by atoms with Crippen molar-refractivity contribution >= 4 is 23.2 Å². The third kappa shape index (κ3) is 3.07. The lowest BCUT2D eigenvalue weighted by atomic mass is 9.84. The number of piperidine rings is 1. The summed E-state index contributed by atoms with van der Waals surface area (Å²) < 4.78 is 0. The van der Waals surface area contributed by atoms with E-state index < -0.39 is 4.92 Å². The average Bonchev–Trinajstić information content (AvgIpc) is 2.36. The third-order valence-electron chi connectivity index (χ3n) is 3.46. The summed E-state index contributed by atoms with van der Waals surface area (Å²) in [6, 6.07) is 1.27. The van der Waals surface area contributed by atoms with Crippen molar-refractivity contribution in [1.82, 2.24) is 9.88 Å². The maximum Gasteiger partial charge on any atom is 0.300 e. The van der Waals surface area contributed by atoms with Gasteiger partial charge in [0.1, 0.15) is 16.9 Å². The van der Waals surface area contributed by atoms with Gasteiger partial charge < -0.3 is 4.90 Å². The van der Waals surface area contributed by atoms with Crippen LogP contribution in [0.2, 0.25) is 5.15 Å². The average molecular weight is 298 g/mol. The number of amides is 1. The molecule has 0 saturated carbocycles. The third-order valence-corrected chi connectivity index (χ3v) is 3.67. The molecule has 0 spiro atoms. The lowest BCUT2D eigenvalue weighted by Crippen LogP contribution is -2.43. The topological polar surface area (TPSA) is 76.3 Å². The monoisotopic (exact) mass is 297 g/mol. The molecule has 2 rings (SSSR count). The minimum Gasteiger partial charge on any atom is -0.338 e. The lowest BCUT2D eigenvalue weighted by molar-refractivity contribution is -0.385. The van der Waals surface area contributed by atoms with Gasteiger partial charge in [-0.05, 0) is 24.3 Å². The molecular formula is C13H16ClN3O3. The number of carbonyl (C=O) groups is 1. The number of halogens is 1. The maximum absolute atomic E-state index is 12.5. The molecule has 0 N–H and O–H groups in total. The van der Waals surface area contributed by atoms with E-state index >= 15 is 0 Å². The largest absolute Gasteiger partial charge is 0.338 e. The van der Waals surface area contributed by atoms with Gasteiger partial charge in [-0.1, -0.05) is 25.4 Å². The zero-order chi connectivity index (χ0) is 14.9.